The Labute approximate surface area is 69.0 Å². The first kappa shape index (κ1) is 8.58. The van der Waals surface area contributed by atoms with E-state index in [0.29, 0.717) is 6.04 Å². The van der Waals surface area contributed by atoms with Gasteiger partial charge in [-0.15, -0.1) is 6.42 Å². The number of terminal acetylenes is 1. The van der Waals surface area contributed by atoms with Gasteiger partial charge in [-0.25, -0.2) is 0 Å². The largest absolute Gasteiger partial charge is 0.314 e. The topological polar surface area (TPSA) is 15.3 Å². The van der Waals surface area contributed by atoms with Crippen molar-refractivity contribution in [2.24, 2.45) is 0 Å². The van der Waals surface area contributed by atoms with Gasteiger partial charge < -0.3 is 5.32 Å². The van der Waals surface area contributed by atoms with Crippen LogP contribution in [0.4, 0.5) is 0 Å². The monoisotopic (exact) mass is 152 g/mol. The zero-order valence-corrected chi connectivity index (χ0v) is 7.30. The van der Waals surface area contributed by atoms with Gasteiger partial charge in [-0.2, -0.15) is 0 Å². The fourth-order valence-electron chi connectivity index (χ4n) is 1.53. The molecule has 1 saturated heterocycles. The summed E-state index contributed by atoms with van der Waals surface area (Å²) < 4.78 is 0. The SMILES string of the molecule is C#CC(C)N1CCNC[C@@H]1C. The smallest absolute Gasteiger partial charge is 0.0686 e. The first-order chi connectivity index (χ1) is 5.25. The van der Waals surface area contributed by atoms with Gasteiger partial charge >= 0.3 is 0 Å². The molecule has 0 aliphatic carbocycles. The molecule has 0 bridgehead atoms. The average Bonchev–Trinajstić information content (AvgIpc) is 2.04. The Balaban J connectivity index is 2.48. The molecule has 0 saturated carbocycles. The highest BCUT2D eigenvalue weighted by molar-refractivity contribution is 4.99. The van der Waals surface area contributed by atoms with Gasteiger partial charge in [0.2, 0.25) is 0 Å². The molecule has 0 aromatic heterocycles. The fraction of sp³-hybridized carbons (Fsp3) is 0.778. The average molecular weight is 152 g/mol. The summed E-state index contributed by atoms with van der Waals surface area (Å²) in [5.41, 5.74) is 0. The fourth-order valence-corrected chi connectivity index (χ4v) is 1.53. The Morgan fingerprint density at radius 3 is 3.00 bits per heavy atom. The predicted molar refractivity (Wildman–Crippen MR) is 47.3 cm³/mol. The van der Waals surface area contributed by atoms with E-state index < -0.39 is 0 Å². The van der Waals surface area contributed by atoms with Crippen molar-refractivity contribution in [2.75, 3.05) is 19.6 Å². The first-order valence-electron chi connectivity index (χ1n) is 4.18. The highest BCUT2D eigenvalue weighted by Crippen LogP contribution is 2.06. The van der Waals surface area contributed by atoms with Crippen LogP contribution in [0.1, 0.15) is 13.8 Å². The minimum atomic E-state index is 0.284. The van der Waals surface area contributed by atoms with Crippen molar-refractivity contribution in [3.05, 3.63) is 0 Å². The van der Waals surface area contributed by atoms with E-state index in [4.69, 9.17) is 6.42 Å². The number of hydrogen-bond donors (Lipinski definition) is 1. The van der Waals surface area contributed by atoms with Crippen molar-refractivity contribution >= 4 is 0 Å². The molecule has 11 heavy (non-hydrogen) atoms. The maximum absolute atomic E-state index is 5.35. The van der Waals surface area contributed by atoms with Crippen molar-refractivity contribution < 1.29 is 0 Å². The molecule has 1 heterocycles. The third-order valence-electron chi connectivity index (χ3n) is 2.29. The summed E-state index contributed by atoms with van der Waals surface area (Å²) in [6.45, 7) is 7.50. The molecule has 0 radical (unpaired) electrons. The summed E-state index contributed by atoms with van der Waals surface area (Å²) in [6.07, 6.45) is 5.35. The van der Waals surface area contributed by atoms with Crippen LogP contribution < -0.4 is 5.32 Å². The summed E-state index contributed by atoms with van der Waals surface area (Å²) in [5.74, 6) is 2.76. The lowest BCUT2D eigenvalue weighted by Gasteiger charge is -2.36. The lowest BCUT2D eigenvalue weighted by Crippen LogP contribution is -2.52. The zero-order valence-electron chi connectivity index (χ0n) is 7.30. The second kappa shape index (κ2) is 3.75. The summed E-state index contributed by atoms with van der Waals surface area (Å²) in [4.78, 5) is 2.36. The van der Waals surface area contributed by atoms with E-state index in [1.165, 1.54) is 0 Å². The van der Waals surface area contributed by atoms with E-state index in [0.717, 1.165) is 19.6 Å². The highest BCUT2D eigenvalue weighted by Gasteiger charge is 2.20. The molecule has 0 amide bonds. The summed E-state index contributed by atoms with van der Waals surface area (Å²) >= 11 is 0. The van der Waals surface area contributed by atoms with Crippen LogP contribution in [0.15, 0.2) is 0 Å². The zero-order chi connectivity index (χ0) is 8.27. The van der Waals surface area contributed by atoms with Crippen LogP contribution in [-0.2, 0) is 0 Å². The summed E-state index contributed by atoms with van der Waals surface area (Å²) in [7, 11) is 0. The molecule has 1 rings (SSSR count). The van der Waals surface area contributed by atoms with Crippen LogP contribution in [0.2, 0.25) is 0 Å². The van der Waals surface area contributed by atoms with Gasteiger partial charge in [-0.3, -0.25) is 4.90 Å². The minimum absolute atomic E-state index is 0.284. The van der Waals surface area contributed by atoms with Crippen molar-refractivity contribution in [2.45, 2.75) is 25.9 Å². The number of nitrogens with one attached hydrogen (secondary N) is 1. The molecule has 2 nitrogen and oxygen atoms in total. The van der Waals surface area contributed by atoms with Gasteiger partial charge in [-0.05, 0) is 13.8 Å². The predicted octanol–water partition coefficient (Wildman–Crippen LogP) is 0.302. The quantitative estimate of drug-likeness (QED) is 0.544. The Kier molecular flexibility index (Phi) is 2.92. The molecule has 1 aliphatic heterocycles. The van der Waals surface area contributed by atoms with Gasteiger partial charge in [-0.1, -0.05) is 5.92 Å². The van der Waals surface area contributed by atoms with Gasteiger partial charge in [0.05, 0.1) is 6.04 Å². The van der Waals surface area contributed by atoms with Crippen molar-refractivity contribution in [1.29, 1.82) is 0 Å². The standard InChI is InChI=1S/C9H16N2/c1-4-8(2)11-6-5-10-7-9(11)3/h1,8-10H,5-7H2,2-3H3/t8?,9-/m0/s1. The number of hydrogen-bond acceptors (Lipinski definition) is 2. The molecule has 1 aliphatic rings. The second-order valence-corrected chi connectivity index (χ2v) is 3.13. The van der Waals surface area contributed by atoms with E-state index in [2.05, 4.69) is 30.0 Å². The molecule has 1 N–H and O–H groups in total. The highest BCUT2D eigenvalue weighted by atomic mass is 15.2. The molecule has 0 aromatic carbocycles. The Bertz CT molecular complexity index is 159. The normalized spacial score (nSPS) is 29.4. The summed E-state index contributed by atoms with van der Waals surface area (Å²) in [6, 6.07) is 0.863. The van der Waals surface area contributed by atoms with E-state index in [1.807, 2.05) is 0 Å². The van der Waals surface area contributed by atoms with Crippen LogP contribution in [0.5, 0.6) is 0 Å². The maximum atomic E-state index is 5.35. The maximum Gasteiger partial charge on any atom is 0.0686 e. The van der Waals surface area contributed by atoms with Gasteiger partial charge in [0, 0.05) is 25.7 Å². The third-order valence-corrected chi connectivity index (χ3v) is 2.29. The molecular weight excluding hydrogens is 136 g/mol. The van der Waals surface area contributed by atoms with E-state index in [1.54, 1.807) is 0 Å². The van der Waals surface area contributed by atoms with E-state index in [9.17, 15) is 0 Å². The Morgan fingerprint density at radius 1 is 1.73 bits per heavy atom. The molecular formula is C9H16N2. The van der Waals surface area contributed by atoms with Gasteiger partial charge in [0.25, 0.3) is 0 Å². The van der Waals surface area contributed by atoms with Crippen LogP contribution in [0.25, 0.3) is 0 Å². The number of rotatable bonds is 1. The van der Waals surface area contributed by atoms with Crippen LogP contribution >= 0.6 is 0 Å². The van der Waals surface area contributed by atoms with Gasteiger partial charge in [0.1, 0.15) is 0 Å². The van der Waals surface area contributed by atoms with Crippen molar-refractivity contribution in [3.8, 4) is 12.3 Å². The van der Waals surface area contributed by atoms with Crippen LogP contribution in [-0.4, -0.2) is 36.6 Å². The molecule has 2 atom stereocenters. The Hall–Kier alpha value is -0.520. The number of nitrogens with zero attached hydrogens (tertiary/aromatic N) is 1. The first-order valence-corrected chi connectivity index (χ1v) is 4.18. The molecule has 1 unspecified atom stereocenters. The molecule has 0 aromatic rings. The molecule has 0 spiro atoms. The lowest BCUT2D eigenvalue weighted by atomic mass is 10.1. The second-order valence-electron chi connectivity index (χ2n) is 3.13. The molecule has 2 heteroatoms. The number of piperazine rings is 1. The van der Waals surface area contributed by atoms with E-state index >= 15 is 0 Å². The lowest BCUT2D eigenvalue weighted by molar-refractivity contribution is 0.153. The minimum Gasteiger partial charge on any atom is -0.314 e. The molecule has 1 fully saturated rings. The third kappa shape index (κ3) is 1.95. The van der Waals surface area contributed by atoms with Crippen LogP contribution in [0.3, 0.4) is 0 Å². The van der Waals surface area contributed by atoms with E-state index in [-0.39, 0.29) is 6.04 Å². The summed E-state index contributed by atoms with van der Waals surface area (Å²) in [5, 5.41) is 3.33. The van der Waals surface area contributed by atoms with Gasteiger partial charge in [0.15, 0.2) is 0 Å². The van der Waals surface area contributed by atoms with Crippen molar-refractivity contribution in [1.82, 2.24) is 10.2 Å². The Morgan fingerprint density at radius 2 is 2.45 bits per heavy atom. The van der Waals surface area contributed by atoms with Crippen molar-refractivity contribution in [3.63, 3.8) is 0 Å². The van der Waals surface area contributed by atoms with Crippen LogP contribution in [0, 0.1) is 12.3 Å². The molecule has 62 valence electrons.